The van der Waals surface area contributed by atoms with Gasteiger partial charge in [0.1, 0.15) is 16.5 Å². The zero-order valence-electron chi connectivity index (χ0n) is 11.9. The summed E-state index contributed by atoms with van der Waals surface area (Å²) < 4.78 is 6.78. The van der Waals surface area contributed by atoms with Crippen LogP contribution in [0.15, 0.2) is 12.4 Å². The molecule has 0 atom stereocenters. The number of anilines is 2. The van der Waals surface area contributed by atoms with Gasteiger partial charge in [-0.25, -0.2) is 9.97 Å². The summed E-state index contributed by atoms with van der Waals surface area (Å²) in [6.07, 6.45) is 3.50. The van der Waals surface area contributed by atoms with Gasteiger partial charge in [0.2, 0.25) is 0 Å². The maximum Gasteiger partial charge on any atom is 0.265 e. The molecule has 9 heteroatoms. The van der Waals surface area contributed by atoms with E-state index in [4.69, 9.17) is 10.5 Å². The molecule has 2 heterocycles. The highest BCUT2D eigenvalue weighted by Crippen LogP contribution is 2.24. The van der Waals surface area contributed by atoms with Crippen molar-refractivity contribution in [3.63, 3.8) is 0 Å². The zero-order chi connectivity index (χ0) is 15.2. The van der Waals surface area contributed by atoms with Gasteiger partial charge in [-0.15, -0.1) is 0 Å². The van der Waals surface area contributed by atoms with Gasteiger partial charge in [-0.2, -0.15) is 0 Å². The molecule has 0 spiro atoms. The second-order valence-electron chi connectivity index (χ2n) is 4.29. The second kappa shape index (κ2) is 7.04. The number of nitrogens with one attached hydrogen (secondary N) is 2. The summed E-state index contributed by atoms with van der Waals surface area (Å²) in [6, 6.07) is 0. The lowest BCUT2D eigenvalue weighted by atomic mass is 10.4. The van der Waals surface area contributed by atoms with Crippen molar-refractivity contribution in [3.05, 3.63) is 23.1 Å². The van der Waals surface area contributed by atoms with Crippen molar-refractivity contribution in [1.29, 1.82) is 0 Å². The van der Waals surface area contributed by atoms with Crippen molar-refractivity contribution in [3.8, 4) is 0 Å². The van der Waals surface area contributed by atoms with Crippen LogP contribution in [0.25, 0.3) is 0 Å². The molecule has 114 valence electrons. The maximum atomic E-state index is 12.1. The van der Waals surface area contributed by atoms with E-state index in [1.165, 1.54) is 11.3 Å². The molecular formula is C12H18N6O2S. The molecule has 2 aromatic rings. The van der Waals surface area contributed by atoms with Crippen LogP contribution in [0.5, 0.6) is 0 Å². The van der Waals surface area contributed by atoms with Crippen LogP contribution in [0.4, 0.5) is 10.9 Å². The van der Waals surface area contributed by atoms with Crippen LogP contribution in [0, 0.1) is 0 Å². The van der Waals surface area contributed by atoms with Crippen molar-refractivity contribution in [1.82, 2.24) is 19.9 Å². The number of nitrogen functional groups attached to an aromatic ring is 1. The molecule has 0 aliphatic rings. The Hall–Kier alpha value is -2.13. The highest BCUT2D eigenvalue weighted by Gasteiger charge is 2.16. The monoisotopic (exact) mass is 310 g/mol. The number of nitrogens with two attached hydrogens (primary N) is 1. The molecule has 2 aromatic heterocycles. The van der Waals surface area contributed by atoms with E-state index in [-0.39, 0.29) is 11.7 Å². The van der Waals surface area contributed by atoms with Crippen molar-refractivity contribution in [2.24, 2.45) is 7.05 Å². The number of ether oxygens (including phenoxy) is 1. The third kappa shape index (κ3) is 3.92. The first-order chi connectivity index (χ1) is 10.1. The van der Waals surface area contributed by atoms with Crippen molar-refractivity contribution >= 4 is 28.2 Å². The van der Waals surface area contributed by atoms with Crippen LogP contribution in [-0.2, 0) is 18.3 Å². The molecule has 0 saturated heterocycles. The van der Waals surface area contributed by atoms with E-state index in [0.717, 1.165) is 5.82 Å². The van der Waals surface area contributed by atoms with Crippen LogP contribution >= 0.6 is 11.3 Å². The molecule has 0 aromatic carbocycles. The Morgan fingerprint density at radius 3 is 3.05 bits per heavy atom. The third-order valence-electron chi connectivity index (χ3n) is 2.77. The minimum Gasteiger partial charge on any atom is -0.383 e. The average molecular weight is 310 g/mol. The largest absolute Gasteiger partial charge is 0.383 e. The molecule has 0 aliphatic carbocycles. The molecule has 2 rings (SSSR count). The quantitative estimate of drug-likeness (QED) is 0.641. The fourth-order valence-corrected chi connectivity index (χ4v) is 2.46. The van der Waals surface area contributed by atoms with Crippen LogP contribution in [0.2, 0.25) is 0 Å². The van der Waals surface area contributed by atoms with Gasteiger partial charge < -0.3 is 25.7 Å². The fraction of sp³-hybridized carbons (Fsp3) is 0.417. The topological polar surface area (TPSA) is 107 Å². The molecular weight excluding hydrogens is 292 g/mol. The van der Waals surface area contributed by atoms with Gasteiger partial charge in [0.25, 0.3) is 5.91 Å². The molecule has 0 saturated carbocycles. The Morgan fingerprint density at radius 1 is 1.57 bits per heavy atom. The highest BCUT2D eigenvalue weighted by molar-refractivity contribution is 7.18. The minimum absolute atomic E-state index is 0.220. The van der Waals surface area contributed by atoms with Gasteiger partial charge >= 0.3 is 0 Å². The number of rotatable bonds is 7. The van der Waals surface area contributed by atoms with E-state index >= 15 is 0 Å². The number of aryl methyl sites for hydroxylation is 1. The lowest BCUT2D eigenvalue weighted by Gasteiger charge is -2.03. The number of imidazole rings is 1. The van der Waals surface area contributed by atoms with E-state index in [9.17, 15) is 4.79 Å². The summed E-state index contributed by atoms with van der Waals surface area (Å²) in [7, 11) is 3.49. The molecule has 0 bridgehead atoms. The number of methoxy groups -OCH3 is 1. The fourth-order valence-electron chi connectivity index (χ4n) is 1.64. The van der Waals surface area contributed by atoms with Gasteiger partial charge in [-0.3, -0.25) is 4.79 Å². The lowest BCUT2D eigenvalue weighted by Crippen LogP contribution is -2.24. The van der Waals surface area contributed by atoms with E-state index in [1.54, 1.807) is 13.3 Å². The molecule has 0 fully saturated rings. The number of hydrogen-bond acceptors (Lipinski definition) is 7. The van der Waals surface area contributed by atoms with Gasteiger partial charge in [-0.1, -0.05) is 11.3 Å². The maximum absolute atomic E-state index is 12.1. The lowest BCUT2D eigenvalue weighted by molar-refractivity contribution is 0.0954. The smallest absolute Gasteiger partial charge is 0.265 e. The van der Waals surface area contributed by atoms with E-state index < -0.39 is 0 Å². The SMILES string of the molecule is COCCNc1nc(N)c(C(=O)NCc2nccn2C)s1. The Bertz CT molecular complexity index is 609. The summed E-state index contributed by atoms with van der Waals surface area (Å²) in [5, 5.41) is 6.43. The molecule has 8 nitrogen and oxygen atoms in total. The van der Waals surface area contributed by atoms with Gasteiger partial charge in [0.05, 0.1) is 13.2 Å². The number of hydrogen-bond donors (Lipinski definition) is 3. The molecule has 0 unspecified atom stereocenters. The molecule has 4 N–H and O–H groups in total. The van der Waals surface area contributed by atoms with E-state index in [0.29, 0.717) is 29.7 Å². The number of amides is 1. The Kier molecular flexibility index (Phi) is 5.12. The first-order valence-electron chi connectivity index (χ1n) is 6.35. The van der Waals surface area contributed by atoms with E-state index in [1.807, 2.05) is 17.8 Å². The predicted molar refractivity (Wildman–Crippen MR) is 81.3 cm³/mol. The Balaban J connectivity index is 1.94. The number of carbonyl (C=O) groups excluding carboxylic acids is 1. The zero-order valence-corrected chi connectivity index (χ0v) is 12.7. The number of nitrogens with zero attached hydrogens (tertiary/aromatic N) is 3. The normalized spacial score (nSPS) is 10.6. The Labute approximate surface area is 126 Å². The first kappa shape index (κ1) is 15.3. The number of thiazole rings is 1. The van der Waals surface area contributed by atoms with Crippen LogP contribution in [0.1, 0.15) is 15.5 Å². The third-order valence-corrected chi connectivity index (χ3v) is 3.80. The van der Waals surface area contributed by atoms with Crippen molar-refractivity contribution in [2.45, 2.75) is 6.54 Å². The number of aromatic nitrogens is 3. The van der Waals surface area contributed by atoms with Gasteiger partial charge in [0, 0.05) is 33.1 Å². The average Bonchev–Trinajstić information content (AvgIpc) is 3.03. The molecule has 0 aliphatic heterocycles. The second-order valence-corrected chi connectivity index (χ2v) is 5.29. The summed E-state index contributed by atoms with van der Waals surface area (Å²) in [5.41, 5.74) is 5.77. The first-order valence-corrected chi connectivity index (χ1v) is 7.17. The molecule has 1 amide bonds. The molecule has 21 heavy (non-hydrogen) atoms. The van der Waals surface area contributed by atoms with Crippen LogP contribution in [0.3, 0.4) is 0 Å². The van der Waals surface area contributed by atoms with Crippen LogP contribution in [-0.4, -0.2) is 40.7 Å². The summed E-state index contributed by atoms with van der Waals surface area (Å²) in [5.74, 6) is 0.731. The van der Waals surface area contributed by atoms with Crippen LogP contribution < -0.4 is 16.4 Å². The summed E-state index contributed by atoms with van der Waals surface area (Å²) >= 11 is 1.22. The molecule has 0 radical (unpaired) electrons. The highest BCUT2D eigenvalue weighted by atomic mass is 32.1. The Morgan fingerprint density at radius 2 is 2.38 bits per heavy atom. The predicted octanol–water partition coefficient (Wildman–Crippen LogP) is 0.447. The van der Waals surface area contributed by atoms with Crippen molar-refractivity contribution < 1.29 is 9.53 Å². The van der Waals surface area contributed by atoms with E-state index in [2.05, 4.69) is 20.6 Å². The summed E-state index contributed by atoms with van der Waals surface area (Å²) in [6.45, 7) is 1.50. The number of carbonyl (C=O) groups is 1. The van der Waals surface area contributed by atoms with Crippen molar-refractivity contribution in [2.75, 3.05) is 31.3 Å². The standard InChI is InChI=1S/C12H18N6O2S/c1-18-5-3-14-8(18)7-16-11(19)9-10(13)17-12(21-9)15-4-6-20-2/h3,5H,4,6-7,13H2,1-2H3,(H,15,17)(H,16,19). The summed E-state index contributed by atoms with van der Waals surface area (Å²) in [4.78, 5) is 20.7. The van der Waals surface area contributed by atoms with Gasteiger partial charge in [0.15, 0.2) is 5.13 Å². The van der Waals surface area contributed by atoms with Gasteiger partial charge in [-0.05, 0) is 0 Å². The minimum atomic E-state index is -0.257.